The van der Waals surface area contributed by atoms with Gasteiger partial charge in [0.2, 0.25) is 6.79 Å². The van der Waals surface area contributed by atoms with E-state index >= 15 is 0 Å². The van der Waals surface area contributed by atoms with Crippen LogP contribution in [0.3, 0.4) is 0 Å². The number of piperidine rings is 1. The van der Waals surface area contributed by atoms with Crippen LogP contribution in [0.1, 0.15) is 36.0 Å². The Morgan fingerprint density at radius 3 is 2.41 bits per heavy atom. The lowest BCUT2D eigenvalue weighted by atomic mass is 9.99. The molecule has 0 atom stereocenters. The second-order valence-electron chi connectivity index (χ2n) is 8.98. The number of nitrogens with one attached hydrogen (secondary N) is 2. The average Bonchev–Trinajstić information content (AvgIpc) is 3.46. The van der Waals surface area contributed by atoms with Crippen LogP contribution in [-0.4, -0.2) is 30.7 Å². The number of hydrogen-bond acceptors (Lipinski definition) is 5. The Morgan fingerprint density at radius 1 is 0.912 bits per heavy atom. The van der Waals surface area contributed by atoms with Crippen LogP contribution in [0.5, 0.6) is 11.5 Å². The molecule has 0 aromatic heterocycles. The van der Waals surface area contributed by atoms with Gasteiger partial charge < -0.3 is 20.1 Å². The Balaban J connectivity index is 1.35. The van der Waals surface area contributed by atoms with Crippen LogP contribution >= 0.6 is 0 Å². The molecule has 6 rings (SSSR count). The standard InChI is InChI=1S/C28H27N3O3/c32-28-26(22-15-24-25(34-18-33-24)16-23(22)30-28)27(20-7-3-1-4-8-20)29-21-11-9-19(10-12-21)17-31-13-5-2-6-14-31/h1,3-4,7-12,15-16,29H,2,5-6,13-14,17-18H2,(H,30,32). The summed E-state index contributed by atoms with van der Waals surface area (Å²) in [6.45, 7) is 3.53. The molecule has 172 valence electrons. The molecule has 1 fully saturated rings. The first kappa shape index (κ1) is 20.8. The highest BCUT2D eigenvalue weighted by molar-refractivity contribution is 6.37. The first-order valence-electron chi connectivity index (χ1n) is 11.9. The molecule has 6 nitrogen and oxygen atoms in total. The number of amides is 1. The van der Waals surface area contributed by atoms with Gasteiger partial charge >= 0.3 is 0 Å². The van der Waals surface area contributed by atoms with E-state index in [4.69, 9.17) is 9.47 Å². The summed E-state index contributed by atoms with van der Waals surface area (Å²) >= 11 is 0. The summed E-state index contributed by atoms with van der Waals surface area (Å²) in [5, 5.41) is 6.53. The number of carbonyl (C=O) groups excluding carboxylic acids is 1. The van der Waals surface area contributed by atoms with Gasteiger partial charge in [-0.15, -0.1) is 0 Å². The van der Waals surface area contributed by atoms with Gasteiger partial charge in [0.25, 0.3) is 5.91 Å². The van der Waals surface area contributed by atoms with Crippen LogP contribution in [0.15, 0.2) is 66.7 Å². The summed E-state index contributed by atoms with van der Waals surface area (Å²) in [4.78, 5) is 15.7. The van der Waals surface area contributed by atoms with Crippen LogP contribution in [0.25, 0.3) is 11.3 Å². The minimum atomic E-state index is -0.147. The molecule has 3 heterocycles. The van der Waals surface area contributed by atoms with E-state index in [1.807, 2.05) is 42.5 Å². The van der Waals surface area contributed by atoms with Crippen LogP contribution in [0, 0.1) is 0 Å². The molecule has 6 heteroatoms. The lowest BCUT2D eigenvalue weighted by Crippen LogP contribution is -2.29. The monoisotopic (exact) mass is 453 g/mol. The van der Waals surface area contributed by atoms with Crippen LogP contribution < -0.4 is 20.1 Å². The summed E-state index contributed by atoms with van der Waals surface area (Å²) in [6, 6.07) is 22.2. The van der Waals surface area contributed by atoms with Gasteiger partial charge in [-0.3, -0.25) is 9.69 Å². The van der Waals surface area contributed by atoms with Crippen molar-refractivity contribution >= 4 is 28.6 Å². The molecule has 0 spiro atoms. The topological polar surface area (TPSA) is 62.8 Å². The van der Waals surface area contributed by atoms with Crippen molar-refractivity contribution in [1.82, 2.24) is 4.90 Å². The predicted octanol–water partition coefficient (Wildman–Crippen LogP) is 5.33. The van der Waals surface area contributed by atoms with Crippen molar-refractivity contribution in [2.45, 2.75) is 25.8 Å². The smallest absolute Gasteiger partial charge is 0.258 e. The second kappa shape index (κ2) is 8.88. The highest BCUT2D eigenvalue weighted by Gasteiger charge is 2.31. The van der Waals surface area contributed by atoms with Gasteiger partial charge in [0.05, 0.1) is 17.0 Å². The fourth-order valence-corrected chi connectivity index (χ4v) is 4.90. The van der Waals surface area contributed by atoms with Crippen molar-refractivity contribution in [2.75, 3.05) is 30.5 Å². The largest absolute Gasteiger partial charge is 0.454 e. The Kier molecular flexibility index (Phi) is 5.43. The molecular weight excluding hydrogens is 426 g/mol. The number of carbonyl (C=O) groups is 1. The molecule has 3 aliphatic heterocycles. The summed E-state index contributed by atoms with van der Waals surface area (Å²) in [6.07, 6.45) is 3.92. The van der Waals surface area contributed by atoms with Crippen molar-refractivity contribution in [3.63, 3.8) is 0 Å². The number of hydrogen-bond donors (Lipinski definition) is 2. The Labute approximate surface area is 199 Å². The van der Waals surface area contributed by atoms with Gasteiger partial charge in [0, 0.05) is 23.9 Å². The summed E-state index contributed by atoms with van der Waals surface area (Å²) < 4.78 is 11.1. The molecule has 1 saturated heterocycles. The third-order valence-corrected chi connectivity index (χ3v) is 6.65. The maximum absolute atomic E-state index is 13.1. The SMILES string of the molecule is O=C1Nc2cc3c(cc2C1=C(Nc1ccc(CN2CCCCC2)cc1)c1ccccc1)OCO3. The van der Waals surface area contributed by atoms with E-state index in [1.165, 1.54) is 37.9 Å². The third-order valence-electron chi connectivity index (χ3n) is 6.65. The van der Waals surface area contributed by atoms with Crippen molar-refractivity contribution in [1.29, 1.82) is 0 Å². The zero-order valence-electron chi connectivity index (χ0n) is 19.0. The van der Waals surface area contributed by atoms with Crippen molar-refractivity contribution in [3.8, 4) is 11.5 Å². The molecule has 2 N–H and O–H groups in total. The molecule has 3 aromatic rings. The van der Waals surface area contributed by atoms with Crippen LogP contribution in [0.4, 0.5) is 11.4 Å². The molecule has 34 heavy (non-hydrogen) atoms. The van der Waals surface area contributed by atoms with Crippen molar-refractivity contribution < 1.29 is 14.3 Å². The minimum Gasteiger partial charge on any atom is -0.454 e. The predicted molar refractivity (Wildman–Crippen MR) is 134 cm³/mol. The lowest BCUT2D eigenvalue weighted by Gasteiger charge is -2.26. The molecular formula is C28H27N3O3. The van der Waals surface area contributed by atoms with Crippen LogP contribution in [-0.2, 0) is 11.3 Å². The number of likely N-dealkylation sites (tertiary alicyclic amines) is 1. The average molecular weight is 454 g/mol. The maximum Gasteiger partial charge on any atom is 0.258 e. The number of fused-ring (bicyclic) bond motifs is 2. The molecule has 0 aliphatic carbocycles. The van der Waals surface area contributed by atoms with E-state index in [-0.39, 0.29) is 12.7 Å². The fraction of sp³-hybridized carbons (Fsp3) is 0.250. The highest BCUT2D eigenvalue weighted by atomic mass is 16.7. The van der Waals surface area contributed by atoms with Crippen LogP contribution in [0.2, 0.25) is 0 Å². The summed E-state index contributed by atoms with van der Waals surface area (Å²) in [7, 11) is 0. The minimum absolute atomic E-state index is 0.147. The van der Waals surface area contributed by atoms with Gasteiger partial charge in [0.1, 0.15) is 0 Å². The first-order valence-corrected chi connectivity index (χ1v) is 11.9. The molecule has 0 unspecified atom stereocenters. The zero-order valence-corrected chi connectivity index (χ0v) is 19.0. The number of ether oxygens (including phenoxy) is 2. The lowest BCUT2D eigenvalue weighted by molar-refractivity contribution is -0.110. The molecule has 0 bridgehead atoms. The van der Waals surface area contributed by atoms with E-state index in [9.17, 15) is 4.79 Å². The normalized spacial score (nSPS) is 18.4. The number of rotatable bonds is 5. The summed E-state index contributed by atoms with van der Waals surface area (Å²) in [5.74, 6) is 1.16. The first-order chi connectivity index (χ1) is 16.7. The molecule has 3 aromatic carbocycles. The van der Waals surface area contributed by atoms with E-state index in [0.717, 1.165) is 34.7 Å². The Bertz CT molecular complexity index is 1250. The maximum atomic E-state index is 13.1. The van der Waals surface area contributed by atoms with E-state index in [1.54, 1.807) is 0 Å². The van der Waals surface area contributed by atoms with Gasteiger partial charge in [0.15, 0.2) is 11.5 Å². The van der Waals surface area contributed by atoms with Gasteiger partial charge in [-0.1, -0.05) is 48.9 Å². The number of anilines is 2. The molecule has 1 amide bonds. The fourth-order valence-electron chi connectivity index (χ4n) is 4.90. The third kappa shape index (κ3) is 4.01. The molecule has 0 saturated carbocycles. The number of benzene rings is 3. The van der Waals surface area contributed by atoms with Gasteiger partial charge in [-0.25, -0.2) is 0 Å². The zero-order chi connectivity index (χ0) is 22.9. The summed E-state index contributed by atoms with van der Waals surface area (Å²) in [5.41, 5.74) is 6.08. The van der Waals surface area contributed by atoms with Crippen molar-refractivity contribution in [2.24, 2.45) is 0 Å². The Hall–Kier alpha value is -3.77. The van der Waals surface area contributed by atoms with E-state index in [0.29, 0.717) is 17.1 Å². The quantitative estimate of drug-likeness (QED) is 0.511. The molecule has 3 aliphatic rings. The molecule has 0 radical (unpaired) electrons. The van der Waals surface area contributed by atoms with Gasteiger partial charge in [-0.2, -0.15) is 0 Å². The van der Waals surface area contributed by atoms with E-state index < -0.39 is 0 Å². The second-order valence-corrected chi connectivity index (χ2v) is 8.98. The van der Waals surface area contributed by atoms with Crippen molar-refractivity contribution in [3.05, 3.63) is 83.4 Å². The Morgan fingerprint density at radius 2 is 1.65 bits per heavy atom. The highest BCUT2D eigenvalue weighted by Crippen LogP contribution is 2.45. The van der Waals surface area contributed by atoms with Gasteiger partial charge in [-0.05, 0) is 55.3 Å². The number of nitrogens with zero attached hydrogens (tertiary/aromatic N) is 1. The van der Waals surface area contributed by atoms with E-state index in [2.05, 4.69) is 39.8 Å².